The van der Waals surface area contributed by atoms with Crippen LogP contribution in [0.25, 0.3) is 0 Å². The highest BCUT2D eigenvalue weighted by Crippen LogP contribution is 2.31. The lowest BCUT2D eigenvalue weighted by atomic mass is 10.1. The molecule has 3 rings (SSSR count). The summed E-state index contributed by atoms with van der Waals surface area (Å²) in [5, 5.41) is 3.25. The zero-order valence-corrected chi connectivity index (χ0v) is 17.2. The summed E-state index contributed by atoms with van der Waals surface area (Å²) < 4.78 is 5.14. The Kier molecular flexibility index (Phi) is 6.54. The summed E-state index contributed by atoms with van der Waals surface area (Å²) in [6.07, 6.45) is 0.961. The van der Waals surface area contributed by atoms with Crippen molar-refractivity contribution >= 4 is 40.8 Å². The van der Waals surface area contributed by atoms with E-state index in [1.54, 1.807) is 35.2 Å². The Bertz CT molecular complexity index is 927. The summed E-state index contributed by atoms with van der Waals surface area (Å²) in [6, 6.07) is 12.8. The third-order valence-electron chi connectivity index (χ3n) is 4.98. The maximum absolute atomic E-state index is 12.4. The quantitative estimate of drug-likeness (QED) is 0.730. The zero-order chi connectivity index (χ0) is 21.0. The van der Waals surface area contributed by atoms with Gasteiger partial charge in [-0.3, -0.25) is 14.4 Å². The van der Waals surface area contributed by atoms with Crippen LogP contribution in [0.4, 0.5) is 11.4 Å². The summed E-state index contributed by atoms with van der Waals surface area (Å²) in [4.78, 5) is 38.3. The van der Waals surface area contributed by atoms with Crippen molar-refractivity contribution < 1.29 is 19.1 Å². The first-order chi connectivity index (χ1) is 13.9. The van der Waals surface area contributed by atoms with E-state index in [0.29, 0.717) is 16.4 Å². The van der Waals surface area contributed by atoms with Gasteiger partial charge in [-0.25, -0.2) is 0 Å². The molecule has 1 aliphatic heterocycles. The number of esters is 1. The molecule has 0 saturated carbocycles. The number of carbonyl (C=O) groups is 3. The number of carbonyl (C=O) groups excluding carboxylic acids is 3. The SMILES string of the molecule is CCc1ccc(NC(=O)COC(=O)[C@H]2CC(=O)N(c3cccc(Cl)c3C)C2)cc1. The van der Waals surface area contributed by atoms with E-state index in [4.69, 9.17) is 16.3 Å². The van der Waals surface area contributed by atoms with Gasteiger partial charge in [0, 0.05) is 29.4 Å². The molecule has 0 aliphatic carbocycles. The first-order valence-electron chi connectivity index (χ1n) is 9.50. The molecule has 1 saturated heterocycles. The molecule has 0 bridgehead atoms. The number of aryl methyl sites for hydroxylation is 1. The number of benzene rings is 2. The van der Waals surface area contributed by atoms with Gasteiger partial charge in [-0.2, -0.15) is 0 Å². The van der Waals surface area contributed by atoms with E-state index < -0.39 is 24.4 Å². The summed E-state index contributed by atoms with van der Waals surface area (Å²) in [7, 11) is 0. The largest absolute Gasteiger partial charge is 0.455 e. The van der Waals surface area contributed by atoms with Crippen molar-refractivity contribution in [3.8, 4) is 0 Å². The topological polar surface area (TPSA) is 75.7 Å². The van der Waals surface area contributed by atoms with E-state index in [0.717, 1.165) is 12.0 Å². The fourth-order valence-corrected chi connectivity index (χ4v) is 3.43. The average Bonchev–Trinajstić information content (AvgIpc) is 3.10. The monoisotopic (exact) mass is 414 g/mol. The summed E-state index contributed by atoms with van der Waals surface area (Å²) in [5.74, 6) is -1.76. The predicted molar refractivity (Wildman–Crippen MR) is 112 cm³/mol. The van der Waals surface area contributed by atoms with E-state index >= 15 is 0 Å². The fourth-order valence-electron chi connectivity index (χ4n) is 3.26. The molecule has 1 aliphatic rings. The molecule has 2 aromatic carbocycles. The third-order valence-corrected chi connectivity index (χ3v) is 5.39. The van der Waals surface area contributed by atoms with Crippen LogP contribution in [0.15, 0.2) is 42.5 Å². The van der Waals surface area contributed by atoms with E-state index in [1.165, 1.54) is 5.56 Å². The molecular weight excluding hydrogens is 392 g/mol. The number of amides is 2. The van der Waals surface area contributed by atoms with Crippen molar-refractivity contribution in [2.75, 3.05) is 23.4 Å². The van der Waals surface area contributed by atoms with Crippen molar-refractivity contribution in [3.63, 3.8) is 0 Å². The molecule has 0 radical (unpaired) electrons. The number of hydrogen-bond acceptors (Lipinski definition) is 4. The van der Waals surface area contributed by atoms with Gasteiger partial charge >= 0.3 is 5.97 Å². The Hall–Kier alpha value is -2.86. The highest BCUT2D eigenvalue weighted by atomic mass is 35.5. The van der Waals surface area contributed by atoms with Crippen LogP contribution >= 0.6 is 11.6 Å². The van der Waals surface area contributed by atoms with Crippen molar-refractivity contribution in [2.45, 2.75) is 26.7 Å². The van der Waals surface area contributed by atoms with E-state index in [9.17, 15) is 14.4 Å². The van der Waals surface area contributed by atoms with Crippen LogP contribution in [0.2, 0.25) is 5.02 Å². The van der Waals surface area contributed by atoms with E-state index in [1.807, 2.05) is 19.1 Å². The lowest BCUT2D eigenvalue weighted by Crippen LogP contribution is -2.28. The standard InChI is InChI=1S/C22H23ClN2O4/c1-3-15-7-9-17(10-8-15)24-20(26)13-29-22(28)16-11-21(27)25(12-16)19-6-4-5-18(23)14(19)2/h4-10,16H,3,11-13H2,1-2H3,(H,24,26)/t16-/m0/s1. The van der Waals surface area contributed by atoms with Crippen LogP contribution in [0, 0.1) is 12.8 Å². The number of rotatable bonds is 6. The molecule has 2 amide bonds. The maximum atomic E-state index is 12.4. The van der Waals surface area contributed by atoms with Gasteiger partial charge in [-0.1, -0.05) is 36.7 Å². The fraction of sp³-hybridized carbons (Fsp3) is 0.318. The van der Waals surface area contributed by atoms with Crippen LogP contribution in [0.5, 0.6) is 0 Å². The predicted octanol–water partition coefficient (Wildman–Crippen LogP) is 3.75. The maximum Gasteiger partial charge on any atom is 0.311 e. The Morgan fingerprint density at radius 3 is 2.62 bits per heavy atom. The van der Waals surface area contributed by atoms with Gasteiger partial charge in [0.25, 0.3) is 5.91 Å². The number of nitrogens with zero attached hydrogens (tertiary/aromatic N) is 1. The van der Waals surface area contributed by atoms with Crippen molar-refractivity contribution in [3.05, 3.63) is 58.6 Å². The van der Waals surface area contributed by atoms with Crippen LogP contribution < -0.4 is 10.2 Å². The molecule has 152 valence electrons. The van der Waals surface area contributed by atoms with E-state index in [2.05, 4.69) is 12.2 Å². The Labute approximate surface area is 174 Å². The number of ether oxygens (including phenoxy) is 1. The van der Waals surface area contributed by atoms with Crippen LogP contribution in [0.3, 0.4) is 0 Å². The number of halogens is 1. The molecule has 2 aromatic rings. The second kappa shape index (κ2) is 9.09. The first-order valence-corrected chi connectivity index (χ1v) is 9.87. The van der Waals surface area contributed by atoms with Crippen molar-refractivity contribution in [2.24, 2.45) is 5.92 Å². The van der Waals surface area contributed by atoms with Gasteiger partial charge in [-0.05, 0) is 48.7 Å². The second-order valence-corrected chi connectivity index (χ2v) is 7.40. The first kappa shape index (κ1) is 20.9. The molecule has 1 heterocycles. The summed E-state index contributed by atoms with van der Waals surface area (Å²) >= 11 is 6.13. The molecular formula is C22H23ClN2O4. The number of nitrogens with one attached hydrogen (secondary N) is 1. The highest BCUT2D eigenvalue weighted by molar-refractivity contribution is 6.31. The molecule has 7 heteroatoms. The summed E-state index contributed by atoms with van der Waals surface area (Å²) in [5.41, 5.74) is 3.28. The van der Waals surface area contributed by atoms with E-state index in [-0.39, 0.29) is 18.9 Å². The molecule has 0 aromatic heterocycles. The molecule has 29 heavy (non-hydrogen) atoms. The van der Waals surface area contributed by atoms with Crippen LogP contribution in [-0.4, -0.2) is 30.9 Å². The smallest absolute Gasteiger partial charge is 0.311 e. The lowest BCUT2D eigenvalue weighted by molar-refractivity contribution is -0.151. The van der Waals surface area contributed by atoms with Crippen LogP contribution in [-0.2, 0) is 25.5 Å². The molecule has 1 atom stereocenters. The third kappa shape index (κ3) is 4.95. The minimum atomic E-state index is -0.613. The Morgan fingerprint density at radius 2 is 1.93 bits per heavy atom. The molecule has 1 fully saturated rings. The van der Waals surface area contributed by atoms with Gasteiger partial charge in [0.15, 0.2) is 6.61 Å². The van der Waals surface area contributed by atoms with Crippen molar-refractivity contribution in [1.82, 2.24) is 0 Å². The Morgan fingerprint density at radius 1 is 1.21 bits per heavy atom. The number of hydrogen-bond donors (Lipinski definition) is 1. The van der Waals surface area contributed by atoms with Gasteiger partial charge in [0.05, 0.1) is 5.92 Å². The second-order valence-electron chi connectivity index (χ2n) is 7.00. The molecule has 1 N–H and O–H groups in total. The Balaban J connectivity index is 1.53. The van der Waals surface area contributed by atoms with Gasteiger partial charge < -0.3 is 15.0 Å². The minimum absolute atomic E-state index is 0.0465. The van der Waals surface area contributed by atoms with Crippen LogP contribution in [0.1, 0.15) is 24.5 Å². The summed E-state index contributed by atoms with van der Waals surface area (Å²) in [6.45, 7) is 3.69. The van der Waals surface area contributed by atoms with Crippen molar-refractivity contribution in [1.29, 1.82) is 0 Å². The minimum Gasteiger partial charge on any atom is -0.455 e. The number of anilines is 2. The zero-order valence-electron chi connectivity index (χ0n) is 16.4. The normalized spacial score (nSPS) is 16.0. The molecule has 6 nitrogen and oxygen atoms in total. The average molecular weight is 415 g/mol. The lowest BCUT2D eigenvalue weighted by Gasteiger charge is -2.19. The molecule has 0 unspecified atom stereocenters. The van der Waals surface area contributed by atoms with Gasteiger partial charge in [0.1, 0.15) is 0 Å². The molecule has 0 spiro atoms. The van der Waals surface area contributed by atoms with Gasteiger partial charge in [0.2, 0.25) is 5.91 Å². The highest BCUT2D eigenvalue weighted by Gasteiger charge is 2.37. The van der Waals surface area contributed by atoms with Gasteiger partial charge in [-0.15, -0.1) is 0 Å².